The van der Waals surface area contributed by atoms with E-state index >= 15 is 0 Å². The summed E-state index contributed by atoms with van der Waals surface area (Å²) < 4.78 is 11.0. The summed E-state index contributed by atoms with van der Waals surface area (Å²) in [6, 6.07) is 22.1. The third-order valence-corrected chi connectivity index (χ3v) is 6.08. The van der Waals surface area contributed by atoms with Crippen molar-refractivity contribution in [1.29, 1.82) is 0 Å². The van der Waals surface area contributed by atoms with Crippen molar-refractivity contribution in [1.82, 2.24) is 0 Å². The zero-order chi connectivity index (χ0) is 24.9. The second kappa shape index (κ2) is 11.0. The van der Waals surface area contributed by atoms with Gasteiger partial charge < -0.3 is 35.0 Å². The summed E-state index contributed by atoms with van der Waals surface area (Å²) in [5, 5.41) is 49.9. The lowest BCUT2D eigenvalue weighted by molar-refractivity contribution is -0.277. The zero-order valence-electron chi connectivity index (χ0n) is 18.9. The largest absolute Gasteiger partial charge is 0.507 e. The average Bonchev–Trinajstić information content (AvgIpc) is 2.88. The lowest BCUT2D eigenvalue weighted by Gasteiger charge is -2.39. The highest BCUT2D eigenvalue weighted by atomic mass is 16.7. The third-order valence-electron chi connectivity index (χ3n) is 6.08. The van der Waals surface area contributed by atoms with E-state index in [1.165, 1.54) is 18.2 Å². The highest BCUT2D eigenvalue weighted by Crippen LogP contribution is 2.32. The van der Waals surface area contributed by atoms with Crippen LogP contribution < -0.4 is 4.74 Å². The van der Waals surface area contributed by atoms with Crippen molar-refractivity contribution in [2.45, 2.75) is 43.5 Å². The molecule has 0 radical (unpaired) electrons. The molecule has 8 nitrogen and oxygen atoms in total. The SMILES string of the molecule is O=C(CCc1ccc(-c2ccccc2)cc1)c1c(O)cccc1O[C@@H]1O[C@H](CO)[C@@H](O)[C@H](O)[C@H]1O. The quantitative estimate of drug-likeness (QED) is 0.309. The molecule has 5 N–H and O–H groups in total. The Labute approximate surface area is 202 Å². The first-order valence-corrected chi connectivity index (χ1v) is 11.4. The Balaban J connectivity index is 1.46. The number of aromatic hydroxyl groups is 1. The van der Waals surface area contributed by atoms with Crippen molar-refractivity contribution in [2.75, 3.05) is 6.61 Å². The molecule has 0 spiro atoms. The predicted octanol–water partition coefficient (Wildman–Crippen LogP) is 2.05. The molecular formula is C27H28O8. The topological polar surface area (TPSA) is 137 Å². The van der Waals surface area contributed by atoms with E-state index in [4.69, 9.17) is 9.47 Å². The maximum Gasteiger partial charge on any atom is 0.229 e. The maximum absolute atomic E-state index is 13.0. The van der Waals surface area contributed by atoms with E-state index in [2.05, 4.69) is 0 Å². The van der Waals surface area contributed by atoms with Crippen LogP contribution in [0.5, 0.6) is 11.5 Å². The van der Waals surface area contributed by atoms with E-state index < -0.39 is 37.3 Å². The summed E-state index contributed by atoms with van der Waals surface area (Å²) in [5.74, 6) is -0.718. The number of carbonyl (C=O) groups excluding carboxylic acids is 1. The minimum atomic E-state index is -1.64. The van der Waals surface area contributed by atoms with Crippen LogP contribution in [0.3, 0.4) is 0 Å². The molecule has 0 aliphatic carbocycles. The minimum Gasteiger partial charge on any atom is -0.507 e. The standard InChI is InChI=1S/C27H28O8/c28-15-22-24(31)25(32)26(33)27(35-22)34-21-8-4-7-19(29)23(21)20(30)14-11-16-9-12-18(13-10-16)17-5-2-1-3-6-17/h1-10,12-13,22,24-29,31-33H,11,14-15H2/t22-,24-,25+,26-,27-/m1/s1. The van der Waals surface area contributed by atoms with Crippen molar-refractivity contribution in [2.24, 2.45) is 0 Å². The molecule has 0 unspecified atom stereocenters. The molecule has 35 heavy (non-hydrogen) atoms. The molecule has 8 heteroatoms. The monoisotopic (exact) mass is 480 g/mol. The van der Waals surface area contributed by atoms with E-state index in [-0.39, 0.29) is 29.3 Å². The normalized spacial score (nSPS) is 24.2. The summed E-state index contributed by atoms with van der Waals surface area (Å²) in [5.41, 5.74) is 3.03. The lowest BCUT2D eigenvalue weighted by Crippen LogP contribution is -2.60. The predicted molar refractivity (Wildman–Crippen MR) is 127 cm³/mol. The molecule has 0 saturated carbocycles. The molecule has 184 valence electrons. The van der Waals surface area contributed by atoms with E-state index in [1.54, 1.807) is 0 Å². The summed E-state index contributed by atoms with van der Waals surface area (Å²) in [4.78, 5) is 13.0. The average molecular weight is 481 g/mol. The molecule has 3 aromatic carbocycles. The van der Waals surface area contributed by atoms with Gasteiger partial charge in [-0.25, -0.2) is 0 Å². The number of ketones is 1. The molecule has 1 saturated heterocycles. The van der Waals surface area contributed by atoms with Crippen LogP contribution in [-0.4, -0.2) is 68.6 Å². The van der Waals surface area contributed by atoms with Crippen molar-refractivity contribution in [3.05, 3.63) is 83.9 Å². The number of hydrogen-bond donors (Lipinski definition) is 5. The summed E-state index contributed by atoms with van der Waals surface area (Å²) in [6.07, 6.45) is -6.90. The van der Waals surface area contributed by atoms with Gasteiger partial charge in [-0.1, -0.05) is 60.7 Å². The molecule has 1 aliphatic rings. The fraction of sp³-hybridized carbons (Fsp3) is 0.296. The number of aliphatic hydroxyl groups is 4. The summed E-state index contributed by atoms with van der Waals surface area (Å²) in [7, 11) is 0. The third kappa shape index (κ3) is 5.53. The van der Waals surface area contributed by atoms with Crippen LogP contribution in [0.4, 0.5) is 0 Å². The van der Waals surface area contributed by atoms with Crippen molar-refractivity contribution in [3.8, 4) is 22.6 Å². The smallest absolute Gasteiger partial charge is 0.229 e. The number of Topliss-reactive ketones (excluding diaryl/α,β-unsaturated/α-hetero) is 1. The molecule has 5 atom stereocenters. The minimum absolute atomic E-state index is 0.0428. The number of aliphatic hydroxyl groups excluding tert-OH is 4. The Kier molecular flexibility index (Phi) is 7.80. The van der Waals surface area contributed by atoms with Gasteiger partial charge in [-0.05, 0) is 35.2 Å². The summed E-state index contributed by atoms with van der Waals surface area (Å²) >= 11 is 0. The molecule has 0 amide bonds. The Morgan fingerprint density at radius 3 is 2.20 bits per heavy atom. The van der Waals surface area contributed by atoms with Crippen LogP contribution in [0.25, 0.3) is 11.1 Å². The number of carbonyl (C=O) groups is 1. The second-order valence-corrected chi connectivity index (χ2v) is 8.45. The fourth-order valence-electron chi connectivity index (χ4n) is 4.07. The summed E-state index contributed by atoms with van der Waals surface area (Å²) in [6.45, 7) is -0.611. The van der Waals surface area contributed by atoms with Crippen LogP contribution in [0.2, 0.25) is 0 Å². The first-order chi connectivity index (χ1) is 16.9. The van der Waals surface area contributed by atoms with Gasteiger partial charge in [0.15, 0.2) is 5.78 Å². The van der Waals surface area contributed by atoms with Gasteiger partial charge >= 0.3 is 0 Å². The van der Waals surface area contributed by atoms with Crippen LogP contribution in [0.1, 0.15) is 22.3 Å². The highest BCUT2D eigenvalue weighted by Gasteiger charge is 2.45. The van der Waals surface area contributed by atoms with Crippen LogP contribution in [0, 0.1) is 0 Å². The highest BCUT2D eigenvalue weighted by molar-refractivity contribution is 6.01. The Morgan fingerprint density at radius 2 is 1.51 bits per heavy atom. The van der Waals surface area contributed by atoms with Crippen LogP contribution >= 0.6 is 0 Å². The molecule has 1 heterocycles. The van der Waals surface area contributed by atoms with Crippen molar-refractivity contribution >= 4 is 5.78 Å². The maximum atomic E-state index is 13.0. The number of benzene rings is 3. The van der Waals surface area contributed by atoms with E-state index in [1.807, 2.05) is 54.6 Å². The second-order valence-electron chi connectivity index (χ2n) is 8.45. The Morgan fingerprint density at radius 1 is 0.829 bits per heavy atom. The fourth-order valence-corrected chi connectivity index (χ4v) is 4.07. The molecule has 0 bridgehead atoms. The number of rotatable bonds is 8. The van der Waals surface area contributed by atoms with Gasteiger partial charge in [0.1, 0.15) is 41.5 Å². The van der Waals surface area contributed by atoms with E-state index in [0.29, 0.717) is 6.42 Å². The van der Waals surface area contributed by atoms with Crippen molar-refractivity contribution in [3.63, 3.8) is 0 Å². The van der Waals surface area contributed by atoms with Gasteiger partial charge in [0.2, 0.25) is 6.29 Å². The van der Waals surface area contributed by atoms with Crippen LogP contribution in [0.15, 0.2) is 72.8 Å². The van der Waals surface area contributed by atoms with Gasteiger partial charge in [-0.15, -0.1) is 0 Å². The van der Waals surface area contributed by atoms with Crippen molar-refractivity contribution < 1.29 is 39.8 Å². The number of hydrogen-bond acceptors (Lipinski definition) is 8. The Bertz CT molecular complexity index is 1130. The molecular weight excluding hydrogens is 452 g/mol. The number of aryl methyl sites for hydroxylation is 1. The molecule has 1 fully saturated rings. The molecule has 3 aromatic rings. The zero-order valence-corrected chi connectivity index (χ0v) is 18.9. The molecule has 1 aliphatic heterocycles. The Hall–Kier alpha value is -3.27. The van der Waals surface area contributed by atoms with E-state index in [0.717, 1.165) is 16.7 Å². The van der Waals surface area contributed by atoms with E-state index in [9.17, 15) is 30.3 Å². The van der Waals surface area contributed by atoms with Gasteiger partial charge in [0, 0.05) is 6.42 Å². The van der Waals surface area contributed by atoms with Gasteiger partial charge in [-0.3, -0.25) is 4.79 Å². The number of phenolic OH excluding ortho intramolecular Hbond substituents is 1. The molecule has 0 aromatic heterocycles. The van der Waals surface area contributed by atoms with Gasteiger partial charge in [0.25, 0.3) is 0 Å². The number of ether oxygens (including phenoxy) is 2. The first-order valence-electron chi connectivity index (χ1n) is 11.4. The van der Waals surface area contributed by atoms with Gasteiger partial charge in [-0.2, -0.15) is 0 Å². The van der Waals surface area contributed by atoms with Crippen LogP contribution in [-0.2, 0) is 11.2 Å². The first kappa shape index (κ1) is 24.8. The lowest BCUT2D eigenvalue weighted by atomic mass is 9.98. The molecule has 4 rings (SSSR count). The van der Waals surface area contributed by atoms with Gasteiger partial charge in [0.05, 0.1) is 6.61 Å². The number of phenols is 1.